The molecule has 0 radical (unpaired) electrons. The van der Waals surface area contributed by atoms with Gasteiger partial charge in [0.15, 0.2) is 5.75 Å². The number of carbonyl (C=O) groups excluding carboxylic acids is 1. The summed E-state index contributed by atoms with van der Waals surface area (Å²) in [4.78, 5) is 35.0. The van der Waals surface area contributed by atoms with Crippen molar-refractivity contribution in [3.05, 3.63) is 53.8 Å². The van der Waals surface area contributed by atoms with Crippen LogP contribution in [0, 0.1) is 0 Å². The van der Waals surface area contributed by atoms with Crippen LogP contribution < -0.4 is 10.1 Å². The third-order valence-electron chi connectivity index (χ3n) is 6.16. The van der Waals surface area contributed by atoms with Crippen LogP contribution in [0.3, 0.4) is 0 Å². The third-order valence-corrected chi connectivity index (χ3v) is 6.95. The van der Waals surface area contributed by atoms with Crippen molar-refractivity contribution in [3.63, 3.8) is 0 Å². The van der Waals surface area contributed by atoms with E-state index in [4.69, 9.17) is 4.74 Å². The van der Waals surface area contributed by atoms with Crippen LogP contribution in [0.4, 0.5) is 11.8 Å². The highest BCUT2D eigenvalue weighted by atomic mass is 32.1. The van der Waals surface area contributed by atoms with Crippen molar-refractivity contribution < 1.29 is 9.53 Å². The molecular weight excluding hydrogens is 462 g/mol. The van der Waals surface area contributed by atoms with E-state index < -0.39 is 0 Å². The Hall–Kier alpha value is -3.63. The number of fused-ring (bicyclic) bond motifs is 1. The zero-order valence-corrected chi connectivity index (χ0v) is 20.7. The molecule has 4 aromatic rings. The molecule has 35 heavy (non-hydrogen) atoms. The highest BCUT2D eigenvalue weighted by molar-refractivity contribution is 7.16. The lowest BCUT2D eigenvalue weighted by Gasteiger charge is -2.36. The number of thiazole rings is 1. The van der Waals surface area contributed by atoms with Crippen LogP contribution in [0.5, 0.6) is 5.75 Å². The lowest BCUT2D eigenvalue weighted by atomic mass is 10.1. The fourth-order valence-corrected chi connectivity index (χ4v) is 4.84. The Kier molecular flexibility index (Phi) is 6.56. The maximum absolute atomic E-state index is 12.9. The molecule has 1 aliphatic heterocycles. The fourth-order valence-electron chi connectivity index (χ4n) is 4.12. The largest absolute Gasteiger partial charge is 0.493 e. The summed E-state index contributed by atoms with van der Waals surface area (Å²) in [5.74, 6) is 1.53. The van der Waals surface area contributed by atoms with E-state index >= 15 is 0 Å². The normalized spacial score (nSPS) is 14.5. The second kappa shape index (κ2) is 9.93. The number of ether oxygens (including phenoxy) is 1. The third kappa shape index (κ3) is 4.94. The molecule has 0 unspecified atom stereocenters. The van der Waals surface area contributed by atoms with Crippen LogP contribution in [0.2, 0.25) is 0 Å². The maximum atomic E-state index is 12.9. The summed E-state index contributed by atoms with van der Waals surface area (Å²) in [5.41, 5.74) is 4.93. The van der Waals surface area contributed by atoms with E-state index in [2.05, 4.69) is 44.0 Å². The highest BCUT2D eigenvalue weighted by Crippen LogP contribution is 2.31. The first kappa shape index (κ1) is 23.1. The monoisotopic (exact) mass is 489 g/mol. The van der Waals surface area contributed by atoms with Crippen molar-refractivity contribution in [2.24, 2.45) is 0 Å². The van der Waals surface area contributed by atoms with Gasteiger partial charge in [-0.1, -0.05) is 6.07 Å². The smallest absolute Gasteiger partial charge is 0.255 e. The van der Waals surface area contributed by atoms with Crippen LogP contribution in [0.1, 0.15) is 24.2 Å². The van der Waals surface area contributed by atoms with Crippen LogP contribution >= 0.6 is 11.3 Å². The van der Waals surface area contributed by atoms with E-state index in [1.165, 1.54) is 0 Å². The molecule has 0 saturated carbocycles. The van der Waals surface area contributed by atoms with Crippen molar-refractivity contribution in [1.29, 1.82) is 0 Å². The van der Waals surface area contributed by atoms with Gasteiger partial charge in [-0.3, -0.25) is 9.69 Å². The number of hydrogen-bond donors (Lipinski definition) is 1. The summed E-state index contributed by atoms with van der Waals surface area (Å²) >= 11 is 1.58. The molecule has 10 heteroatoms. The number of piperazine rings is 1. The second-order valence-corrected chi connectivity index (χ2v) is 9.51. The van der Waals surface area contributed by atoms with Gasteiger partial charge in [0.25, 0.3) is 5.91 Å². The number of anilines is 2. The van der Waals surface area contributed by atoms with Crippen molar-refractivity contribution in [3.8, 4) is 17.0 Å². The van der Waals surface area contributed by atoms with Gasteiger partial charge in [-0.15, -0.1) is 11.3 Å². The van der Waals surface area contributed by atoms with Crippen molar-refractivity contribution in [2.75, 3.05) is 38.6 Å². The van der Waals surface area contributed by atoms with Crippen molar-refractivity contribution in [2.45, 2.75) is 19.9 Å². The van der Waals surface area contributed by atoms with Gasteiger partial charge in [0.2, 0.25) is 5.95 Å². The molecule has 180 valence electrons. The summed E-state index contributed by atoms with van der Waals surface area (Å²) in [5, 5.41) is 3.13. The van der Waals surface area contributed by atoms with Gasteiger partial charge >= 0.3 is 0 Å². The molecule has 0 spiro atoms. The Bertz CT molecular complexity index is 1330. The number of amides is 1. The van der Waals surface area contributed by atoms with Gasteiger partial charge in [0.05, 0.1) is 34.6 Å². The van der Waals surface area contributed by atoms with Gasteiger partial charge in [0, 0.05) is 44.0 Å². The van der Waals surface area contributed by atoms with Crippen LogP contribution in [0.15, 0.2) is 48.2 Å². The van der Waals surface area contributed by atoms with Crippen LogP contribution in [-0.4, -0.2) is 75.0 Å². The maximum Gasteiger partial charge on any atom is 0.255 e. The van der Waals surface area contributed by atoms with Crippen LogP contribution in [-0.2, 0) is 0 Å². The van der Waals surface area contributed by atoms with E-state index in [0.29, 0.717) is 34.8 Å². The van der Waals surface area contributed by atoms with E-state index in [1.807, 2.05) is 28.6 Å². The zero-order valence-electron chi connectivity index (χ0n) is 19.9. The zero-order chi connectivity index (χ0) is 24.4. The van der Waals surface area contributed by atoms with Gasteiger partial charge in [-0.2, -0.15) is 0 Å². The summed E-state index contributed by atoms with van der Waals surface area (Å²) in [7, 11) is 1.60. The summed E-state index contributed by atoms with van der Waals surface area (Å²) < 4.78 is 6.57. The predicted molar refractivity (Wildman–Crippen MR) is 137 cm³/mol. The molecular formula is C25H27N7O2S. The van der Waals surface area contributed by atoms with Gasteiger partial charge < -0.3 is 15.0 Å². The molecule has 0 aliphatic carbocycles. The first-order valence-corrected chi connectivity index (χ1v) is 12.4. The number of nitrogens with zero attached hydrogens (tertiary/aromatic N) is 6. The fraction of sp³-hybridized carbons (Fsp3) is 0.320. The molecule has 1 amide bonds. The van der Waals surface area contributed by atoms with E-state index in [0.717, 1.165) is 42.0 Å². The van der Waals surface area contributed by atoms with Crippen LogP contribution in [0.25, 0.3) is 21.5 Å². The molecule has 3 aromatic heterocycles. The quantitative estimate of drug-likeness (QED) is 0.433. The van der Waals surface area contributed by atoms with Gasteiger partial charge in [0.1, 0.15) is 11.5 Å². The molecule has 9 nitrogen and oxygen atoms in total. The first-order valence-electron chi connectivity index (χ1n) is 11.5. The standard InChI is InChI=1S/C25H27N7O2S/c1-16(2)31-8-10-32(11-9-31)24(33)18-5-7-22(26-13-18)29-25-27-14-20(34-3)23(30-25)17-4-6-19-21(12-17)35-15-28-19/h4-7,12-16H,8-11H2,1-3H3,(H,26,27,29,30). The molecule has 0 atom stereocenters. The average Bonchev–Trinajstić information content (AvgIpc) is 3.37. The van der Waals surface area contributed by atoms with E-state index in [1.54, 1.807) is 43.0 Å². The molecule has 5 rings (SSSR count). The highest BCUT2D eigenvalue weighted by Gasteiger charge is 2.23. The summed E-state index contributed by atoms with van der Waals surface area (Å²) in [6, 6.07) is 10.0. The Morgan fingerprint density at radius 1 is 1.06 bits per heavy atom. The molecule has 1 fully saturated rings. The Labute approximate surface area is 207 Å². The number of carbonyl (C=O) groups is 1. The number of aromatic nitrogens is 4. The number of rotatable bonds is 6. The summed E-state index contributed by atoms with van der Waals surface area (Å²) in [6.45, 7) is 7.61. The lowest BCUT2D eigenvalue weighted by molar-refractivity contribution is 0.0595. The molecule has 1 aliphatic rings. The molecule has 1 aromatic carbocycles. The molecule has 1 saturated heterocycles. The Morgan fingerprint density at radius 3 is 2.60 bits per heavy atom. The lowest BCUT2D eigenvalue weighted by Crippen LogP contribution is -2.50. The van der Waals surface area contributed by atoms with Gasteiger partial charge in [-0.05, 0) is 38.1 Å². The predicted octanol–water partition coefficient (Wildman–Crippen LogP) is 4.07. The minimum atomic E-state index is 0.00824. The SMILES string of the molecule is COc1cnc(Nc2ccc(C(=O)N3CCN(C(C)C)CC3)cn2)nc1-c1ccc2ncsc2c1. The molecule has 1 N–H and O–H groups in total. The minimum Gasteiger partial charge on any atom is -0.493 e. The van der Waals surface area contributed by atoms with Crippen molar-refractivity contribution >= 4 is 39.2 Å². The number of benzene rings is 1. The number of pyridine rings is 1. The van der Waals surface area contributed by atoms with E-state index in [-0.39, 0.29) is 5.91 Å². The number of nitrogens with one attached hydrogen (secondary N) is 1. The number of hydrogen-bond acceptors (Lipinski definition) is 9. The van der Waals surface area contributed by atoms with Gasteiger partial charge in [-0.25, -0.2) is 19.9 Å². The Morgan fingerprint density at radius 2 is 1.89 bits per heavy atom. The number of methoxy groups -OCH3 is 1. The topological polar surface area (TPSA) is 96.4 Å². The Balaban J connectivity index is 1.30. The molecule has 4 heterocycles. The average molecular weight is 490 g/mol. The minimum absolute atomic E-state index is 0.00824. The summed E-state index contributed by atoms with van der Waals surface area (Å²) in [6.07, 6.45) is 3.23. The van der Waals surface area contributed by atoms with E-state index in [9.17, 15) is 4.79 Å². The molecule has 0 bridgehead atoms. The first-order chi connectivity index (χ1) is 17.0. The second-order valence-electron chi connectivity index (χ2n) is 8.62. The van der Waals surface area contributed by atoms with Crippen molar-refractivity contribution in [1.82, 2.24) is 29.7 Å².